The van der Waals surface area contributed by atoms with Gasteiger partial charge in [0.2, 0.25) is 0 Å². The summed E-state index contributed by atoms with van der Waals surface area (Å²) < 4.78 is 0. The predicted octanol–water partition coefficient (Wildman–Crippen LogP) is -1.74. The van der Waals surface area contributed by atoms with E-state index in [0.29, 0.717) is 0 Å². The highest BCUT2D eigenvalue weighted by Crippen LogP contribution is 2.25. The Hall–Kier alpha value is -2.78. The van der Waals surface area contributed by atoms with Crippen LogP contribution in [0.4, 0.5) is 0 Å². The number of imide groups is 1. The molecule has 0 spiro atoms. The first-order chi connectivity index (χ1) is 9.92. The maximum Gasteiger partial charge on any atom is 0.265 e. The summed E-state index contributed by atoms with van der Waals surface area (Å²) in [6, 6.07) is 2.90. The number of carbonyl (C=O) groups excluding carboxylic acids is 4. The Morgan fingerprint density at radius 2 is 1.71 bits per heavy atom. The number of nitrogens with two attached hydrogens (primary N) is 2. The third-order valence-electron chi connectivity index (χ3n) is 3.22. The van der Waals surface area contributed by atoms with Crippen LogP contribution in [0.25, 0.3) is 0 Å². The summed E-state index contributed by atoms with van der Waals surface area (Å²) in [7, 11) is 0. The Kier molecular flexibility index (Phi) is 3.70. The molecule has 0 saturated carbocycles. The van der Waals surface area contributed by atoms with Gasteiger partial charge in [0, 0.05) is 5.56 Å². The molecule has 21 heavy (non-hydrogen) atoms. The number of carbonyl (C=O) groups is 4. The largest absolute Gasteiger partial charge is 0.292 e. The average Bonchev–Trinajstić information content (AvgIpc) is 2.76. The highest BCUT2D eigenvalue weighted by atomic mass is 16.2. The number of hydrazine groups is 2. The molecule has 0 radical (unpaired) electrons. The SMILES string of the molecule is CC(C(=O)NN)N1C(=O)c2ccc(C(=O)NN)cc2C1=O. The second-order valence-corrected chi connectivity index (χ2v) is 4.40. The summed E-state index contributed by atoms with van der Waals surface area (Å²) in [6.07, 6.45) is 0. The molecular formula is C12H13N5O4. The predicted molar refractivity (Wildman–Crippen MR) is 70.4 cm³/mol. The number of rotatable bonds is 3. The van der Waals surface area contributed by atoms with E-state index < -0.39 is 29.7 Å². The van der Waals surface area contributed by atoms with Gasteiger partial charge < -0.3 is 0 Å². The van der Waals surface area contributed by atoms with Crippen LogP contribution in [0.3, 0.4) is 0 Å². The second-order valence-electron chi connectivity index (χ2n) is 4.40. The van der Waals surface area contributed by atoms with Gasteiger partial charge in [0.15, 0.2) is 0 Å². The number of nitrogens with zero attached hydrogens (tertiary/aromatic N) is 1. The summed E-state index contributed by atoms with van der Waals surface area (Å²) >= 11 is 0. The Labute approximate surface area is 119 Å². The van der Waals surface area contributed by atoms with Gasteiger partial charge >= 0.3 is 0 Å². The highest BCUT2D eigenvalue weighted by Gasteiger charge is 2.41. The number of hydrogen-bond donors (Lipinski definition) is 4. The van der Waals surface area contributed by atoms with Gasteiger partial charge in [0.05, 0.1) is 11.1 Å². The molecule has 0 saturated heterocycles. The van der Waals surface area contributed by atoms with Gasteiger partial charge in [0.1, 0.15) is 6.04 Å². The van der Waals surface area contributed by atoms with Crippen molar-refractivity contribution in [2.75, 3.05) is 0 Å². The Bertz CT molecular complexity index is 657. The molecular weight excluding hydrogens is 278 g/mol. The number of nitrogen functional groups attached to an aromatic ring is 1. The van der Waals surface area contributed by atoms with Gasteiger partial charge in [-0.3, -0.25) is 34.9 Å². The van der Waals surface area contributed by atoms with Crippen molar-refractivity contribution in [3.8, 4) is 0 Å². The van der Waals surface area contributed by atoms with E-state index in [2.05, 4.69) is 0 Å². The van der Waals surface area contributed by atoms with E-state index in [1.165, 1.54) is 25.1 Å². The van der Waals surface area contributed by atoms with Crippen LogP contribution in [0.5, 0.6) is 0 Å². The van der Waals surface area contributed by atoms with E-state index in [4.69, 9.17) is 11.7 Å². The topological polar surface area (TPSA) is 148 Å². The molecule has 1 aliphatic heterocycles. The average molecular weight is 291 g/mol. The quantitative estimate of drug-likeness (QED) is 0.225. The van der Waals surface area contributed by atoms with Crippen molar-refractivity contribution < 1.29 is 19.2 Å². The van der Waals surface area contributed by atoms with Crippen molar-refractivity contribution in [1.29, 1.82) is 0 Å². The van der Waals surface area contributed by atoms with Gasteiger partial charge in [-0.15, -0.1) is 0 Å². The van der Waals surface area contributed by atoms with Crippen molar-refractivity contribution in [2.45, 2.75) is 13.0 Å². The summed E-state index contributed by atoms with van der Waals surface area (Å²) in [5.41, 5.74) is 4.10. The first-order valence-electron chi connectivity index (χ1n) is 5.95. The minimum atomic E-state index is -1.06. The van der Waals surface area contributed by atoms with Gasteiger partial charge in [0.25, 0.3) is 23.6 Å². The lowest BCUT2D eigenvalue weighted by atomic mass is 10.1. The van der Waals surface area contributed by atoms with E-state index in [-0.39, 0.29) is 16.7 Å². The van der Waals surface area contributed by atoms with Crippen molar-refractivity contribution >= 4 is 23.6 Å². The Morgan fingerprint density at radius 3 is 2.29 bits per heavy atom. The van der Waals surface area contributed by atoms with Crippen LogP contribution < -0.4 is 22.5 Å². The molecule has 1 heterocycles. The zero-order valence-electron chi connectivity index (χ0n) is 11.0. The second kappa shape index (κ2) is 5.31. The monoisotopic (exact) mass is 291 g/mol. The fraction of sp³-hybridized carbons (Fsp3) is 0.167. The number of nitrogens with one attached hydrogen (secondary N) is 2. The maximum absolute atomic E-state index is 12.3. The van der Waals surface area contributed by atoms with E-state index in [1.807, 2.05) is 10.9 Å². The van der Waals surface area contributed by atoms with Crippen LogP contribution in [0, 0.1) is 0 Å². The highest BCUT2D eigenvalue weighted by molar-refractivity contribution is 6.23. The lowest BCUT2D eigenvalue weighted by Crippen LogP contribution is -2.49. The Morgan fingerprint density at radius 1 is 1.10 bits per heavy atom. The van der Waals surface area contributed by atoms with Crippen LogP contribution in [0.2, 0.25) is 0 Å². The molecule has 1 aromatic rings. The Balaban J connectivity index is 2.42. The molecule has 1 unspecified atom stereocenters. The third-order valence-corrected chi connectivity index (χ3v) is 3.22. The molecule has 1 aromatic carbocycles. The first kappa shape index (κ1) is 14.6. The summed E-state index contributed by atoms with van der Waals surface area (Å²) in [4.78, 5) is 48.2. The molecule has 0 aliphatic carbocycles. The minimum Gasteiger partial charge on any atom is -0.292 e. The molecule has 1 atom stereocenters. The zero-order chi connectivity index (χ0) is 15.7. The molecule has 9 heteroatoms. The smallest absolute Gasteiger partial charge is 0.265 e. The van der Waals surface area contributed by atoms with Gasteiger partial charge in [-0.05, 0) is 25.1 Å². The van der Waals surface area contributed by atoms with Crippen molar-refractivity contribution in [2.24, 2.45) is 11.7 Å². The maximum atomic E-state index is 12.3. The number of benzene rings is 1. The molecule has 2 rings (SSSR count). The molecule has 0 bridgehead atoms. The number of hydrogen-bond acceptors (Lipinski definition) is 6. The fourth-order valence-electron chi connectivity index (χ4n) is 2.07. The van der Waals surface area contributed by atoms with E-state index >= 15 is 0 Å². The summed E-state index contributed by atoms with van der Waals surface area (Å²) in [6.45, 7) is 1.37. The standard InChI is InChI=1S/C12H13N5O4/c1-5(9(18)15-13)17-11(20)7-3-2-6(10(19)16-14)4-8(7)12(17)21/h2-5H,13-14H2,1H3,(H,15,18)(H,16,19). The van der Waals surface area contributed by atoms with E-state index in [1.54, 1.807) is 0 Å². The van der Waals surface area contributed by atoms with E-state index in [0.717, 1.165) is 4.90 Å². The molecule has 0 aromatic heterocycles. The summed E-state index contributed by atoms with van der Waals surface area (Å²) in [5, 5.41) is 0. The van der Waals surface area contributed by atoms with Crippen molar-refractivity contribution in [3.63, 3.8) is 0 Å². The molecule has 9 nitrogen and oxygen atoms in total. The van der Waals surface area contributed by atoms with Gasteiger partial charge in [-0.1, -0.05) is 0 Å². The van der Waals surface area contributed by atoms with E-state index in [9.17, 15) is 19.2 Å². The third kappa shape index (κ3) is 2.24. The van der Waals surface area contributed by atoms with Crippen molar-refractivity contribution in [1.82, 2.24) is 15.8 Å². The number of fused-ring (bicyclic) bond motifs is 1. The van der Waals surface area contributed by atoms with Crippen LogP contribution in [-0.4, -0.2) is 34.6 Å². The zero-order valence-corrected chi connectivity index (χ0v) is 11.0. The van der Waals surface area contributed by atoms with Crippen LogP contribution >= 0.6 is 0 Å². The molecule has 1 aliphatic rings. The van der Waals surface area contributed by atoms with Crippen LogP contribution in [0.1, 0.15) is 38.0 Å². The van der Waals surface area contributed by atoms with Crippen LogP contribution in [0.15, 0.2) is 18.2 Å². The normalized spacial score (nSPS) is 14.7. The van der Waals surface area contributed by atoms with Crippen LogP contribution in [-0.2, 0) is 4.79 Å². The van der Waals surface area contributed by atoms with Gasteiger partial charge in [-0.2, -0.15) is 0 Å². The summed E-state index contributed by atoms with van der Waals surface area (Å²) in [5.74, 6) is 7.46. The molecule has 6 N–H and O–H groups in total. The fourth-order valence-corrected chi connectivity index (χ4v) is 2.07. The minimum absolute atomic E-state index is 0.0396. The van der Waals surface area contributed by atoms with Gasteiger partial charge in [-0.25, -0.2) is 11.7 Å². The van der Waals surface area contributed by atoms with Crippen molar-refractivity contribution in [3.05, 3.63) is 34.9 Å². The molecule has 110 valence electrons. The lowest BCUT2D eigenvalue weighted by molar-refractivity contribution is -0.124. The first-order valence-corrected chi connectivity index (χ1v) is 5.95. The molecule has 0 fully saturated rings. The lowest BCUT2D eigenvalue weighted by Gasteiger charge is -2.20. The molecule has 4 amide bonds. The number of amides is 4.